The molecule has 0 bridgehead atoms. The van der Waals surface area contributed by atoms with Crippen LogP contribution in [0.15, 0.2) is 18.2 Å². The minimum absolute atomic E-state index is 0.251. The Morgan fingerprint density at radius 1 is 1.29 bits per heavy atom. The van der Waals surface area contributed by atoms with Crippen molar-refractivity contribution in [3.8, 4) is 5.75 Å². The van der Waals surface area contributed by atoms with E-state index in [1.54, 1.807) is 6.07 Å². The van der Waals surface area contributed by atoms with Gasteiger partial charge >= 0.3 is 0 Å². The molecule has 4 heteroatoms. The minimum Gasteiger partial charge on any atom is -0.384 e. The van der Waals surface area contributed by atoms with Gasteiger partial charge in [-0.25, -0.2) is 0 Å². The van der Waals surface area contributed by atoms with Gasteiger partial charge in [0.05, 0.1) is 0 Å². The van der Waals surface area contributed by atoms with Crippen molar-refractivity contribution in [3.63, 3.8) is 0 Å². The van der Waals surface area contributed by atoms with E-state index in [0.717, 1.165) is 11.1 Å². The number of hydrogen-bond donors (Lipinski definition) is 1. The molecule has 0 saturated heterocycles. The van der Waals surface area contributed by atoms with Gasteiger partial charge in [0, 0.05) is 0 Å². The zero-order chi connectivity index (χ0) is 10.7. The Bertz CT molecular complexity index is 386. The number of aryl methyl sites for hydroxylation is 1. The van der Waals surface area contributed by atoms with Crippen LogP contribution in [-0.4, -0.2) is 8.42 Å². The molecule has 0 aliphatic rings. The van der Waals surface area contributed by atoms with Gasteiger partial charge in [-0.15, -0.1) is 0 Å². The highest BCUT2D eigenvalue weighted by atomic mass is 32.2. The van der Waals surface area contributed by atoms with E-state index in [4.69, 9.17) is 4.18 Å². The number of hydrogen-bond acceptors (Lipinski definition) is 3. The highest BCUT2D eigenvalue weighted by Crippen LogP contribution is 2.27. The molecule has 14 heavy (non-hydrogen) atoms. The summed E-state index contributed by atoms with van der Waals surface area (Å²) in [5, 5.41) is 0. The molecule has 0 atom stereocenters. The van der Waals surface area contributed by atoms with E-state index in [1.165, 1.54) is 0 Å². The summed E-state index contributed by atoms with van der Waals surface area (Å²) in [5.41, 5.74) is 1.90. The molecule has 0 spiro atoms. The molecule has 78 valence electrons. The van der Waals surface area contributed by atoms with Crippen molar-refractivity contribution in [2.45, 2.75) is 26.7 Å². The van der Waals surface area contributed by atoms with Gasteiger partial charge in [-0.1, -0.05) is 26.0 Å². The van der Waals surface area contributed by atoms with Crippen LogP contribution in [0, 0.1) is 6.92 Å². The molecule has 0 fully saturated rings. The number of thiol groups is 1. The first-order chi connectivity index (χ1) is 6.50. The maximum atomic E-state index is 10.5. The summed E-state index contributed by atoms with van der Waals surface area (Å²) in [6, 6.07) is 5.58. The van der Waals surface area contributed by atoms with Crippen LogP contribution in [0.3, 0.4) is 0 Å². The van der Waals surface area contributed by atoms with Gasteiger partial charge in [0.25, 0.3) is 11.0 Å². The third-order valence-electron chi connectivity index (χ3n) is 1.96. The monoisotopic (exact) mass is 214 g/mol. The summed E-state index contributed by atoms with van der Waals surface area (Å²) < 4.78 is 25.7. The second-order valence-corrected chi connectivity index (χ2v) is 4.14. The molecule has 0 unspecified atom stereocenters. The van der Waals surface area contributed by atoms with E-state index < -0.39 is 11.0 Å². The van der Waals surface area contributed by atoms with Gasteiger partial charge in [0.1, 0.15) is 5.75 Å². The van der Waals surface area contributed by atoms with Gasteiger partial charge < -0.3 is 4.18 Å². The van der Waals surface area contributed by atoms with Crippen LogP contribution < -0.4 is 4.18 Å². The Hall–Kier alpha value is -1.03. The largest absolute Gasteiger partial charge is 0.384 e. The average Bonchev–Trinajstić information content (AvgIpc) is 2.01. The average molecular weight is 214 g/mol. The van der Waals surface area contributed by atoms with Gasteiger partial charge in [0.2, 0.25) is 0 Å². The Labute approximate surface area is 85.9 Å². The van der Waals surface area contributed by atoms with Gasteiger partial charge in [-0.3, -0.25) is 0 Å². The molecule has 0 saturated carbocycles. The van der Waals surface area contributed by atoms with Crippen molar-refractivity contribution in [2.75, 3.05) is 0 Å². The van der Waals surface area contributed by atoms with Crippen molar-refractivity contribution >= 4 is 11.0 Å². The lowest BCUT2D eigenvalue weighted by Crippen LogP contribution is -1.97. The molecule has 0 N–H and O–H groups in total. The first kappa shape index (κ1) is 11.0. The Morgan fingerprint density at radius 2 is 1.93 bits per heavy atom. The Kier molecular flexibility index (Phi) is 3.52. The second-order valence-electron chi connectivity index (χ2n) is 3.51. The topological polar surface area (TPSA) is 43.4 Å². The molecule has 0 aliphatic heterocycles. The van der Waals surface area contributed by atoms with Crippen LogP contribution in [0.1, 0.15) is 30.9 Å². The summed E-state index contributed by atoms with van der Waals surface area (Å²) in [6.07, 6.45) is 0. The highest BCUT2D eigenvalue weighted by Gasteiger charge is 2.08. The lowest BCUT2D eigenvalue weighted by Gasteiger charge is -2.10. The van der Waals surface area contributed by atoms with E-state index in [-0.39, 0.29) is 5.92 Å². The third-order valence-corrected chi connectivity index (χ3v) is 2.31. The molecule has 0 radical (unpaired) electrons. The van der Waals surface area contributed by atoms with E-state index in [9.17, 15) is 8.42 Å². The van der Waals surface area contributed by atoms with Crippen molar-refractivity contribution in [1.29, 1.82) is 0 Å². The summed E-state index contributed by atoms with van der Waals surface area (Å²) in [6.45, 7) is 5.89. The quantitative estimate of drug-likeness (QED) is 0.783. The van der Waals surface area contributed by atoms with Crippen molar-refractivity contribution in [2.24, 2.45) is 0 Å². The molecule has 1 rings (SSSR count). The molecular formula is C10H14O3S. The van der Waals surface area contributed by atoms with E-state index >= 15 is 0 Å². The molecule has 3 nitrogen and oxygen atoms in total. The molecule has 1 aromatic rings. The van der Waals surface area contributed by atoms with Crippen molar-refractivity contribution in [1.82, 2.24) is 0 Å². The Balaban J connectivity index is 3.15. The van der Waals surface area contributed by atoms with E-state index in [2.05, 4.69) is 0 Å². The minimum atomic E-state index is -2.83. The normalized spacial score (nSPS) is 10.9. The van der Waals surface area contributed by atoms with E-state index in [1.807, 2.05) is 32.9 Å². The standard InChI is InChI=1S/C10H14O3S/c1-7(2)9-5-4-8(3)6-10(9)13-14(11)12/h4-7,14H,1-3H3. The molecular weight excluding hydrogens is 200 g/mol. The van der Waals surface area contributed by atoms with Crippen LogP contribution in [0.5, 0.6) is 5.75 Å². The lowest BCUT2D eigenvalue weighted by atomic mass is 10.0. The summed E-state index contributed by atoms with van der Waals surface area (Å²) in [4.78, 5) is 0. The second kappa shape index (κ2) is 4.46. The fraction of sp³-hybridized carbons (Fsp3) is 0.400. The zero-order valence-electron chi connectivity index (χ0n) is 8.48. The SMILES string of the molecule is Cc1ccc(C(C)C)c(O[SH](=O)=O)c1. The number of rotatable bonds is 3. The summed E-state index contributed by atoms with van der Waals surface area (Å²) in [5.74, 6) is 0.691. The first-order valence-corrected chi connectivity index (χ1v) is 5.53. The van der Waals surface area contributed by atoms with Crippen LogP contribution in [0.4, 0.5) is 0 Å². The predicted octanol–water partition coefficient (Wildman–Crippen LogP) is 2.02. The van der Waals surface area contributed by atoms with Gasteiger partial charge in [-0.05, 0) is 30.0 Å². The summed E-state index contributed by atoms with van der Waals surface area (Å²) >= 11 is 0. The maximum absolute atomic E-state index is 10.5. The lowest BCUT2D eigenvalue weighted by molar-refractivity contribution is 0.505. The van der Waals surface area contributed by atoms with Crippen LogP contribution in [0.25, 0.3) is 0 Å². The van der Waals surface area contributed by atoms with Crippen molar-refractivity contribution < 1.29 is 12.6 Å². The fourth-order valence-electron chi connectivity index (χ4n) is 1.28. The van der Waals surface area contributed by atoms with Crippen molar-refractivity contribution in [3.05, 3.63) is 29.3 Å². The molecule has 0 aliphatic carbocycles. The highest BCUT2D eigenvalue weighted by molar-refractivity contribution is 7.67. The molecule has 0 heterocycles. The third kappa shape index (κ3) is 2.73. The zero-order valence-corrected chi connectivity index (χ0v) is 9.38. The fourth-order valence-corrected chi connectivity index (χ4v) is 1.60. The van der Waals surface area contributed by atoms with Crippen LogP contribution >= 0.6 is 0 Å². The van der Waals surface area contributed by atoms with Gasteiger partial charge in [0.15, 0.2) is 0 Å². The van der Waals surface area contributed by atoms with Crippen LogP contribution in [-0.2, 0) is 11.0 Å². The number of benzene rings is 1. The molecule has 0 amide bonds. The van der Waals surface area contributed by atoms with Gasteiger partial charge in [-0.2, -0.15) is 8.42 Å². The van der Waals surface area contributed by atoms with E-state index in [0.29, 0.717) is 5.75 Å². The smallest absolute Gasteiger partial charge is 0.299 e. The Morgan fingerprint density at radius 3 is 2.43 bits per heavy atom. The first-order valence-electron chi connectivity index (χ1n) is 4.43. The predicted molar refractivity (Wildman–Crippen MR) is 56.2 cm³/mol. The maximum Gasteiger partial charge on any atom is 0.299 e. The molecule has 0 aromatic heterocycles. The molecule has 1 aromatic carbocycles. The summed E-state index contributed by atoms with van der Waals surface area (Å²) in [7, 11) is -2.83. The van der Waals surface area contributed by atoms with Crippen LogP contribution in [0.2, 0.25) is 0 Å².